The fraction of sp³-hybridized carbons (Fsp3) is 0.632. The second-order valence-corrected chi connectivity index (χ2v) is 8.74. The zero-order chi connectivity index (χ0) is 19.5. The number of hydrogen-bond acceptors (Lipinski definition) is 7. The van der Waals surface area contributed by atoms with E-state index in [1.165, 1.54) is 0 Å². The first-order valence-electron chi connectivity index (χ1n) is 9.88. The van der Waals surface area contributed by atoms with Crippen LogP contribution in [0, 0.1) is 30.5 Å². The molecular formula is C19H25FN6O2. The van der Waals surface area contributed by atoms with E-state index in [-0.39, 0.29) is 17.6 Å². The standard InChI is InChI=1S/C19H25FN6O2/c1-9-2-14(26-25-9)22-17-15(20)13(8-27)21-18(24-17)23-16-11-3-10-4-12(16)7-19(28,5-10)6-11/h2,10-12,16,27-28H,3-8H2,1H3,(H3,21,22,23,24,25,26). The molecule has 0 radical (unpaired) electrons. The number of aryl methyl sites for hydroxylation is 1. The lowest BCUT2D eigenvalue weighted by Gasteiger charge is -2.58. The van der Waals surface area contributed by atoms with Crippen LogP contribution in [0.15, 0.2) is 6.07 Å². The monoisotopic (exact) mass is 388 g/mol. The highest BCUT2D eigenvalue weighted by molar-refractivity contribution is 5.55. The minimum absolute atomic E-state index is 0.0181. The number of hydrogen-bond donors (Lipinski definition) is 5. The molecule has 2 aromatic heterocycles. The predicted molar refractivity (Wildman–Crippen MR) is 100 cm³/mol. The van der Waals surface area contributed by atoms with Crippen LogP contribution in [0.25, 0.3) is 0 Å². The Morgan fingerprint density at radius 1 is 1.25 bits per heavy atom. The Bertz CT molecular complexity index is 887. The Hall–Kier alpha value is -2.26. The molecule has 6 rings (SSSR count). The average molecular weight is 388 g/mol. The summed E-state index contributed by atoms with van der Waals surface area (Å²) in [6.45, 7) is 1.33. The molecule has 4 aliphatic rings. The quantitative estimate of drug-likeness (QED) is 0.533. The average Bonchev–Trinajstić information content (AvgIpc) is 3.04. The summed E-state index contributed by atoms with van der Waals surface area (Å²) in [5.41, 5.74) is 0.262. The summed E-state index contributed by atoms with van der Waals surface area (Å²) >= 11 is 0. The molecule has 2 aromatic rings. The second kappa shape index (κ2) is 6.38. The Morgan fingerprint density at radius 2 is 2.00 bits per heavy atom. The van der Waals surface area contributed by atoms with Gasteiger partial charge < -0.3 is 20.8 Å². The van der Waals surface area contributed by atoms with E-state index in [1.54, 1.807) is 6.07 Å². The van der Waals surface area contributed by atoms with E-state index in [9.17, 15) is 14.6 Å². The van der Waals surface area contributed by atoms with Crippen molar-refractivity contribution < 1.29 is 14.6 Å². The van der Waals surface area contributed by atoms with Crippen LogP contribution in [-0.2, 0) is 6.61 Å². The number of rotatable bonds is 5. The van der Waals surface area contributed by atoms with Crippen LogP contribution in [0.5, 0.6) is 0 Å². The number of anilines is 3. The van der Waals surface area contributed by atoms with Gasteiger partial charge in [0.15, 0.2) is 17.5 Å². The molecule has 150 valence electrons. The third kappa shape index (κ3) is 3.02. The SMILES string of the molecule is Cc1cc(Nc2nc(NC3C4CC5CC3CC(O)(C5)C4)nc(CO)c2F)n[nH]1. The number of aliphatic hydroxyl groups excluding tert-OH is 1. The topological polar surface area (TPSA) is 119 Å². The van der Waals surface area contributed by atoms with E-state index in [4.69, 9.17) is 0 Å². The number of aromatic nitrogens is 4. The van der Waals surface area contributed by atoms with E-state index in [0.29, 0.717) is 29.5 Å². The van der Waals surface area contributed by atoms with Gasteiger partial charge in [-0.1, -0.05) is 0 Å². The fourth-order valence-electron chi connectivity index (χ4n) is 5.72. The molecule has 9 heteroatoms. The summed E-state index contributed by atoms with van der Waals surface area (Å²) in [4.78, 5) is 8.51. The van der Waals surface area contributed by atoms with Crippen molar-refractivity contribution in [2.75, 3.05) is 10.6 Å². The lowest BCUT2D eigenvalue weighted by molar-refractivity contribution is -0.129. The van der Waals surface area contributed by atoms with E-state index in [0.717, 1.165) is 37.8 Å². The largest absolute Gasteiger partial charge is 0.390 e. The van der Waals surface area contributed by atoms with Crippen LogP contribution in [0.3, 0.4) is 0 Å². The number of nitrogens with one attached hydrogen (secondary N) is 3. The van der Waals surface area contributed by atoms with Crippen molar-refractivity contribution in [3.8, 4) is 0 Å². The lowest BCUT2D eigenvalue weighted by Crippen LogP contribution is -2.59. The van der Waals surface area contributed by atoms with Crippen molar-refractivity contribution in [2.45, 2.75) is 57.3 Å². The molecule has 4 fully saturated rings. The van der Waals surface area contributed by atoms with Crippen molar-refractivity contribution in [3.05, 3.63) is 23.3 Å². The first-order chi connectivity index (χ1) is 13.4. The van der Waals surface area contributed by atoms with Crippen LogP contribution >= 0.6 is 0 Å². The molecule has 5 N–H and O–H groups in total. The van der Waals surface area contributed by atoms with Crippen LogP contribution in [0.1, 0.15) is 43.5 Å². The van der Waals surface area contributed by atoms with E-state index in [1.807, 2.05) is 6.92 Å². The summed E-state index contributed by atoms with van der Waals surface area (Å²) in [7, 11) is 0. The van der Waals surface area contributed by atoms with E-state index in [2.05, 4.69) is 30.8 Å². The number of halogens is 1. The molecule has 4 aliphatic carbocycles. The highest BCUT2D eigenvalue weighted by Gasteiger charge is 2.54. The van der Waals surface area contributed by atoms with Gasteiger partial charge in [0, 0.05) is 17.8 Å². The van der Waals surface area contributed by atoms with Gasteiger partial charge in [0.1, 0.15) is 5.69 Å². The molecule has 0 aliphatic heterocycles. The smallest absolute Gasteiger partial charge is 0.225 e. The zero-order valence-corrected chi connectivity index (χ0v) is 15.7. The second-order valence-electron chi connectivity index (χ2n) is 8.74. The maximum Gasteiger partial charge on any atom is 0.225 e. The maximum absolute atomic E-state index is 14.6. The van der Waals surface area contributed by atoms with Gasteiger partial charge in [-0.25, -0.2) is 9.37 Å². The minimum Gasteiger partial charge on any atom is -0.390 e. The fourth-order valence-corrected chi connectivity index (χ4v) is 5.72. The Morgan fingerprint density at radius 3 is 2.61 bits per heavy atom. The van der Waals surface area contributed by atoms with Crippen LogP contribution in [-0.4, -0.2) is 42.0 Å². The van der Waals surface area contributed by atoms with E-state index >= 15 is 0 Å². The normalized spacial score (nSPS) is 33.3. The molecule has 2 atom stereocenters. The summed E-state index contributed by atoms with van der Waals surface area (Å²) in [6, 6.07) is 1.90. The molecule has 4 bridgehead atoms. The molecule has 0 spiro atoms. The first-order valence-corrected chi connectivity index (χ1v) is 9.88. The van der Waals surface area contributed by atoms with Gasteiger partial charge >= 0.3 is 0 Å². The highest BCUT2D eigenvalue weighted by Crippen LogP contribution is 2.56. The van der Waals surface area contributed by atoms with Crippen molar-refractivity contribution in [1.29, 1.82) is 0 Å². The molecule has 4 saturated carbocycles. The first kappa shape index (κ1) is 17.8. The van der Waals surface area contributed by atoms with E-state index < -0.39 is 18.0 Å². The lowest BCUT2D eigenvalue weighted by atomic mass is 9.52. The van der Waals surface area contributed by atoms with Gasteiger partial charge in [0.25, 0.3) is 0 Å². The van der Waals surface area contributed by atoms with Gasteiger partial charge in [-0.2, -0.15) is 10.1 Å². The molecule has 8 nitrogen and oxygen atoms in total. The maximum atomic E-state index is 14.6. The number of H-pyrrole nitrogens is 1. The number of aliphatic hydroxyl groups is 2. The molecule has 0 amide bonds. The van der Waals surface area contributed by atoms with Crippen LogP contribution < -0.4 is 10.6 Å². The third-order valence-electron chi connectivity index (χ3n) is 6.56. The van der Waals surface area contributed by atoms with Gasteiger partial charge in [-0.05, 0) is 56.8 Å². The highest BCUT2D eigenvalue weighted by atomic mass is 19.1. The Labute approximate surface area is 162 Å². The van der Waals surface area contributed by atoms with Crippen molar-refractivity contribution in [2.24, 2.45) is 17.8 Å². The van der Waals surface area contributed by atoms with Gasteiger partial charge in [0.2, 0.25) is 5.95 Å². The summed E-state index contributed by atoms with van der Waals surface area (Å²) < 4.78 is 14.6. The Balaban J connectivity index is 1.41. The van der Waals surface area contributed by atoms with Gasteiger partial charge in [-0.15, -0.1) is 0 Å². The molecule has 2 unspecified atom stereocenters. The zero-order valence-electron chi connectivity index (χ0n) is 15.7. The summed E-state index contributed by atoms with van der Waals surface area (Å²) in [6.07, 6.45) is 4.71. The predicted octanol–water partition coefficient (Wildman–Crippen LogP) is 2.23. The molecule has 0 saturated heterocycles. The van der Waals surface area contributed by atoms with Crippen molar-refractivity contribution >= 4 is 17.6 Å². The van der Waals surface area contributed by atoms with Gasteiger partial charge in [-0.3, -0.25) is 5.10 Å². The van der Waals surface area contributed by atoms with Crippen LogP contribution in [0.2, 0.25) is 0 Å². The van der Waals surface area contributed by atoms with Gasteiger partial charge in [0.05, 0.1) is 12.2 Å². The van der Waals surface area contributed by atoms with Crippen molar-refractivity contribution in [3.63, 3.8) is 0 Å². The molecule has 2 heterocycles. The van der Waals surface area contributed by atoms with Crippen LogP contribution in [0.4, 0.5) is 22.0 Å². The number of aromatic amines is 1. The van der Waals surface area contributed by atoms with Crippen molar-refractivity contribution in [1.82, 2.24) is 20.2 Å². The summed E-state index contributed by atoms with van der Waals surface area (Å²) in [5, 5.41) is 33.4. The minimum atomic E-state index is -0.687. The molecule has 0 aromatic carbocycles. The third-order valence-corrected chi connectivity index (χ3v) is 6.56. The molecular weight excluding hydrogens is 363 g/mol. The Kier molecular flexibility index (Phi) is 4.06. The number of nitrogens with zero attached hydrogens (tertiary/aromatic N) is 3. The summed E-state index contributed by atoms with van der Waals surface area (Å²) in [5.74, 6) is 1.37. The molecule has 28 heavy (non-hydrogen) atoms.